The molecule has 9 unspecified atom stereocenters. The number of rotatable bonds is 1. The third-order valence-electron chi connectivity index (χ3n) is 12.7. The summed E-state index contributed by atoms with van der Waals surface area (Å²) in [6.45, 7) is 24.2. The van der Waals surface area contributed by atoms with E-state index < -0.39 is 0 Å². The Labute approximate surface area is 216 Å². The van der Waals surface area contributed by atoms with Gasteiger partial charge in [0.05, 0.1) is 0 Å². The molecule has 0 amide bonds. The molecule has 0 aliphatic heterocycles. The highest BCUT2D eigenvalue weighted by atomic mass is 14.9. The fraction of sp³-hybridized carbons (Fsp3) is 1.00. The van der Waals surface area contributed by atoms with E-state index in [9.17, 15) is 0 Å². The van der Waals surface area contributed by atoms with Crippen molar-refractivity contribution >= 4 is 0 Å². The van der Waals surface area contributed by atoms with Gasteiger partial charge in [-0.2, -0.15) is 0 Å². The van der Waals surface area contributed by atoms with E-state index in [4.69, 9.17) is 0 Å². The zero-order chi connectivity index (χ0) is 24.9. The van der Waals surface area contributed by atoms with Crippen molar-refractivity contribution in [2.45, 2.75) is 153 Å². The second-order valence-corrected chi connectivity index (χ2v) is 14.2. The molecule has 0 aromatic heterocycles. The summed E-state index contributed by atoms with van der Waals surface area (Å²) in [4.78, 5) is 0. The topological polar surface area (TPSA) is 12.0 Å². The standard InChI is InChI=1S/C28H49N.2C2H6.CH4/c1-24(2)13-8-14-26(4)20(24)11-17-27(5)21(26)12-18-28(6)22(27)10-16-25(3)15-9-19(29-7)23(25)28;2*1-2;/h19-23,29H,8-18H2,1-7H3;2*1-2H3;1H4. The van der Waals surface area contributed by atoms with E-state index in [1.54, 1.807) is 0 Å². The highest BCUT2D eigenvalue weighted by Crippen LogP contribution is 2.75. The molecule has 0 heterocycles. The fourth-order valence-electron chi connectivity index (χ4n) is 11.8. The van der Waals surface area contributed by atoms with Crippen molar-refractivity contribution in [2.24, 2.45) is 50.7 Å². The van der Waals surface area contributed by atoms with Crippen LogP contribution in [0.15, 0.2) is 0 Å². The van der Waals surface area contributed by atoms with Crippen LogP contribution in [0.4, 0.5) is 0 Å². The van der Waals surface area contributed by atoms with Gasteiger partial charge >= 0.3 is 0 Å². The van der Waals surface area contributed by atoms with Gasteiger partial charge in [-0.05, 0) is 122 Å². The average Bonchev–Trinajstić information content (AvgIpc) is 3.13. The van der Waals surface area contributed by atoms with Gasteiger partial charge in [-0.3, -0.25) is 0 Å². The Morgan fingerprint density at radius 3 is 1.65 bits per heavy atom. The van der Waals surface area contributed by atoms with Crippen LogP contribution in [0, 0.1) is 50.7 Å². The zero-order valence-corrected chi connectivity index (χ0v) is 24.7. The molecule has 0 spiro atoms. The smallest absolute Gasteiger partial charge is 0.0103 e. The van der Waals surface area contributed by atoms with Gasteiger partial charge in [0.15, 0.2) is 0 Å². The Morgan fingerprint density at radius 2 is 1.03 bits per heavy atom. The van der Waals surface area contributed by atoms with Crippen LogP contribution >= 0.6 is 0 Å². The van der Waals surface area contributed by atoms with Gasteiger partial charge < -0.3 is 5.32 Å². The van der Waals surface area contributed by atoms with Gasteiger partial charge in [-0.15, -0.1) is 0 Å². The predicted octanol–water partition coefficient (Wildman–Crippen LogP) is 10.1. The van der Waals surface area contributed by atoms with E-state index in [0.29, 0.717) is 27.1 Å². The molecule has 5 fully saturated rings. The molecule has 0 saturated heterocycles. The van der Waals surface area contributed by atoms with E-state index in [0.717, 1.165) is 29.7 Å². The van der Waals surface area contributed by atoms with Crippen LogP contribution in [0.25, 0.3) is 0 Å². The first-order valence-electron chi connectivity index (χ1n) is 15.2. The molecule has 5 aliphatic carbocycles. The van der Waals surface area contributed by atoms with Gasteiger partial charge in [-0.25, -0.2) is 0 Å². The van der Waals surface area contributed by atoms with Crippen molar-refractivity contribution in [2.75, 3.05) is 7.05 Å². The van der Waals surface area contributed by atoms with Crippen molar-refractivity contribution in [3.8, 4) is 0 Å². The van der Waals surface area contributed by atoms with Crippen molar-refractivity contribution in [1.29, 1.82) is 0 Å². The van der Waals surface area contributed by atoms with Gasteiger partial charge in [0.1, 0.15) is 0 Å². The van der Waals surface area contributed by atoms with Crippen LogP contribution in [0.3, 0.4) is 0 Å². The molecule has 0 aromatic rings. The Morgan fingerprint density at radius 1 is 0.559 bits per heavy atom. The minimum Gasteiger partial charge on any atom is -0.317 e. The van der Waals surface area contributed by atoms with Gasteiger partial charge in [0.2, 0.25) is 0 Å². The molecule has 5 saturated carbocycles. The number of fused-ring (bicyclic) bond motifs is 7. The molecule has 0 radical (unpaired) electrons. The highest BCUT2D eigenvalue weighted by Gasteiger charge is 2.68. The Bertz CT molecular complexity index is 667. The molecule has 1 nitrogen and oxygen atoms in total. The number of nitrogens with one attached hydrogen (secondary N) is 1. The van der Waals surface area contributed by atoms with Gasteiger partial charge in [-0.1, -0.05) is 83.1 Å². The summed E-state index contributed by atoms with van der Waals surface area (Å²) in [6.07, 6.45) is 16.3. The normalized spacial score (nSPS) is 50.4. The SMILES string of the molecule is C.CC.CC.CNC1CCC2(C)CCC3C(C)(CCC4C5(C)CCCC(C)(C)C5CCC43C)C12. The monoisotopic (exact) mass is 476 g/mol. The largest absolute Gasteiger partial charge is 0.317 e. The molecule has 5 aliphatic rings. The molecule has 0 aromatic carbocycles. The third-order valence-corrected chi connectivity index (χ3v) is 12.7. The first-order valence-corrected chi connectivity index (χ1v) is 15.2. The zero-order valence-electron chi connectivity index (χ0n) is 24.7. The van der Waals surface area contributed by atoms with Crippen LogP contribution in [0.1, 0.15) is 147 Å². The maximum atomic E-state index is 3.79. The Kier molecular flexibility index (Phi) is 9.21. The van der Waals surface area contributed by atoms with Gasteiger partial charge in [0.25, 0.3) is 0 Å². The lowest BCUT2D eigenvalue weighted by atomic mass is 9.34. The van der Waals surface area contributed by atoms with E-state index in [1.165, 1.54) is 70.6 Å². The van der Waals surface area contributed by atoms with Crippen LogP contribution in [0.2, 0.25) is 0 Å². The summed E-state index contributed by atoms with van der Waals surface area (Å²) in [5.41, 5.74) is 2.87. The second kappa shape index (κ2) is 10.4. The second-order valence-electron chi connectivity index (χ2n) is 14.2. The van der Waals surface area contributed by atoms with Gasteiger partial charge in [0, 0.05) is 6.04 Å². The van der Waals surface area contributed by atoms with Crippen molar-refractivity contribution < 1.29 is 0 Å². The van der Waals surface area contributed by atoms with E-state index in [2.05, 4.69) is 53.9 Å². The summed E-state index contributed by atoms with van der Waals surface area (Å²) in [5.74, 6) is 3.76. The molecule has 1 N–H and O–H groups in total. The summed E-state index contributed by atoms with van der Waals surface area (Å²) < 4.78 is 0. The molecule has 202 valence electrons. The van der Waals surface area contributed by atoms with E-state index in [-0.39, 0.29) is 7.43 Å². The van der Waals surface area contributed by atoms with Crippen LogP contribution in [0.5, 0.6) is 0 Å². The lowest BCUT2D eigenvalue weighted by molar-refractivity contribution is -0.223. The minimum atomic E-state index is 0. The fourth-order valence-corrected chi connectivity index (χ4v) is 11.8. The Hall–Kier alpha value is -0.0400. The summed E-state index contributed by atoms with van der Waals surface area (Å²) in [5, 5.41) is 3.79. The minimum absolute atomic E-state index is 0. The summed E-state index contributed by atoms with van der Waals surface area (Å²) in [7, 11) is 2.24. The molecule has 1 heteroatoms. The maximum absolute atomic E-state index is 3.79. The first kappa shape index (κ1) is 30.2. The maximum Gasteiger partial charge on any atom is 0.0103 e. The predicted molar refractivity (Wildman–Crippen MR) is 153 cm³/mol. The lowest BCUT2D eigenvalue weighted by Crippen LogP contribution is -2.65. The number of hydrogen-bond donors (Lipinski definition) is 1. The summed E-state index contributed by atoms with van der Waals surface area (Å²) in [6, 6.07) is 0.758. The summed E-state index contributed by atoms with van der Waals surface area (Å²) >= 11 is 0. The van der Waals surface area contributed by atoms with Crippen molar-refractivity contribution in [3.63, 3.8) is 0 Å². The molecule has 9 atom stereocenters. The Balaban J connectivity index is 0.000000777. The average molecular weight is 476 g/mol. The molecular weight excluding hydrogens is 410 g/mol. The molecule has 5 rings (SSSR count). The van der Waals surface area contributed by atoms with E-state index >= 15 is 0 Å². The first-order chi connectivity index (χ1) is 15.5. The van der Waals surface area contributed by atoms with Crippen molar-refractivity contribution in [3.05, 3.63) is 0 Å². The molecular formula is C33H65N. The lowest BCUT2D eigenvalue weighted by Gasteiger charge is -2.71. The van der Waals surface area contributed by atoms with E-state index in [1.807, 2.05) is 27.7 Å². The van der Waals surface area contributed by atoms with Crippen LogP contribution < -0.4 is 5.32 Å². The van der Waals surface area contributed by atoms with Crippen LogP contribution in [-0.4, -0.2) is 13.1 Å². The molecule has 34 heavy (non-hydrogen) atoms. The third kappa shape index (κ3) is 4.15. The quantitative estimate of drug-likeness (QED) is 0.397. The molecule has 0 bridgehead atoms. The highest BCUT2D eigenvalue weighted by molar-refractivity contribution is 5.18. The van der Waals surface area contributed by atoms with Crippen molar-refractivity contribution in [1.82, 2.24) is 5.32 Å². The number of hydrogen-bond acceptors (Lipinski definition) is 1. The van der Waals surface area contributed by atoms with Crippen LogP contribution in [-0.2, 0) is 0 Å².